The quantitative estimate of drug-likeness (QED) is 0.507. The summed E-state index contributed by atoms with van der Waals surface area (Å²) in [6.07, 6.45) is 2.92. The largest absolute Gasteiger partial charge is 0.397 e. The van der Waals surface area contributed by atoms with Crippen molar-refractivity contribution in [2.45, 2.75) is 19.3 Å². The summed E-state index contributed by atoms with van der Waals surface area (Å²) in [4.78, 5) is 23.5. The minimum atomic E-state index is -0.638. The first-order valence-electron chi connectivity index (χ1n) is 6.69. The zero-order valence-corrected chi connectivity index (χ0v) is 13.1. The van der Waals surface area contributed by atoms with Crippen molar-refractivity contribution < 1.29 is 14.3 Å². The van der Waals surface area contributed by atoms with Crippen LogP contribution >= 0.6 is 11.3 Å². The lowest BCUT2D eigenvalue weighted by atomic mass is 10.2. The van der Waals surface area contributed by atoms with Crippen LogP contribution in [0.1, 0.15) is 39.3 Å². The maximum absolute atomic E-state index is 11.7. The second-order valence-electron chi connectivity index (χ2n) is 4.47. The molecule has 0 aliphatic rings. The van der Waals surface area contributed by atoms with E-state index >= 15 is 0 Å². The van der Waals surface area contributed by atoms with Gasteiger partial charge in [-0.3, -0.25) is 9.59 Å². The standard InChI is InChI=1S/C13H22N4O3S/c1-16-12(19)10-9(14)8(11(15)18)13(21-10)17-6-4-3-5-7-20-2/h17H,3-7,14H2,1-2H3,(H2,15,18)(H,16,19). The van der Waals surface area contributed by atoms with Crippen LogP contribution in [0.15, 0.2) is 0 Å². The molecule has 0 radical (unpaired) electrons. The monoisotopic (exact) mass is 314 g/mol. The normalized spacial score (nSPS) is 10.4. The van der Waals surface area contributed by atoms with Gasteiger partial charge in [-0.25, -0.2) is 0 Å². The van der Waals surface area contributed by atoms with Gasteiger partial charge in [-0.05, 0) is 19.3 Å². The summed E-state index contributed by atoms with van der Waals surface area (Å²) in [5.74, 6) is -0.964. The maximum Gasteiger partial charge on any atom is 0.263 e. The Morgan fingerprint density at radius 2 is 2.00 bits per heavy atom. The van der Waals surface area contributed by atoms with Gasteiger partial charge in [0.25, 0.3) is 11.8 Å². The Kier molecular flexibility index (Phi) is 6.97. The average Bonchev–Trinajstić information content (AvgIpc) is 2.78. The van der Waals surface area contributed by atoms with Crippen LogP contribution in [-0.2, 0) is 4.74 Å². The first kappa shape index (κ1) is 17.3. The molecule has 21 heavy (non-hydrogen) atoms. The molecule has 0 aliphatic heterocycles. The molecule has 0 bridgehead atoms. The minimum absolute atomic E-state index is 0.133. The van der Waals surface area contributed by atoms with Crippen LogP contribution in [0.5, 0.6) is 0 Å². The third-order valence-electron chi connectivity index (χ3n) is 2.94. The van der Waals surface area contributed by atoms with Crippen molar-refractivity contribution in [3.8, 4) is 0 Å². The highest BCUT2D eigenvalue weighted by Gasteiger charge is 2.23. The summed E-state index contributed by atoms with van der Waals surface area (Å²) < 4.78 is 4.97. The van der Waals surface area contributed by atoms with Crippen molar-refractivity contribution in [2.24, 2.45) is 5.73 Å². The van der Waals surface area contributed by atoms with E-state index in [2.05, 4.69) is 10.6 Å². The van der Waals surface area contributed by atoms with Crippen molar-refractivity contribution in [3.05, 3.63) is 10.4 Å². The SMILES string of the molecule is CNC(=O)c1sc(NCCCCCOC)c(C(N)=O)c1N. The maximum atomic E-state index is 11.7. The van der Waals surface area contributed by atoms with Crippen LogP contribution in [0.2, 0.25) is 0 Å². The first-order valence-corrected chi connectivity index (χ1v) is 7.51. The average molecular weight is 314 g/mol. The van der Waals surface area contributed by atoms with Gasteiger partial charge in [-0.1, -0.05) is 0 Å². The third-order valence-corrected chi connectivity index (χ3v) is 4.10. The van der Waals surface area contributed by atoms with E-state index in [-0.39, 0.29) is 17.2 Å². The summed E-state index contributed by atoms with van der Waals surface area (Å²) in [5, 5.41) is 6.16. The summed E-state index contributed by atoms with van der Waals surface area (Å²) in [6.45, 7) is 1.41. The Labute approximate surface area is 128 Å². The minimum Gasteiger partial charge on any atom is -0.397 e. The summed E-state index contributed by atoms with van der Waals surface area (Å²) in [6, 6.07) is 0. The molecule has 0 atom stereocenters. The van der Waals surface area contributed by atoms with E-state index in [0.717, 1.165) is 37.2 Å². The Morgan fingerprint density at radius 3 is 2.57 bits per heavy atom. The van der Waals surface area contributed by atoms with Crippen molar-refractivity contribution in [3.63, 3.8) is 0 Å². The van der Waals surface area contributed by atoms with Gasteiger partial charge in [0, 0.05) is 27.3 Å². The molecule has 118 valence electrons. The Hall–Kier alpha value is -1.80. The molecule has 0 aromatic carbocycles. The molecule has 0 spiro atoms. The number of ether oxygens (including phenoxy) is 1. The van der Waals surface area contributed by atoms with Crippen LogP contribution in [0.4, 0.5) is 10.7 Å². The molecule has 8 heteroatoms. The molecule has 7 nitrogen and oxygen atoms in total. The Morgan fingerprint density at radius 1 is 1.29 bits per heavy atom. The fourth-order valence-corrected chi connectivity index (χ4v) is 2.94. The molecule has 0 fully saturated rings. The highest BCUT2D eigenvalue weighted by atomic mass is 32.1. The predicted octanol–water partition coefficient (Wildman–Crippen LogP) is 1.02. The van der Waals surface area contributed by atoms with Gasteiger partial charge >= 0.3 is 0 Å². The van der Waals surface area contributed by atoms with Gasteiger partial charge in [0.1, 0.15) is 9.88 Å². The van der Waals surface area contributed by atoms with Gasteiger partial charge in [-0.2, -0.15) is 0 Å². The number of amides is 2. The highest BCUT2D eigenvalue weighted by Crippen LogP contribution is 2.35. The Balaban J connectivity index is 2.72. The summed E-state index contributed by atoms with van der Waals surface area (Å²) in [7, 11) is 3.18. The van der Waals surface area contributed by atoms with Crippen molar-refractivity contribution in [1.82, 2.24) is 5.32 Å². The molecule has 0 unspecified atom stereocenters. The second kappa shape index (κ2) is 8.48. The van der Waals surface area contributed by atoms with Crippen LogP contribution in [0.25, 0.3) is 0 Å². The number of hydrogen-bond donors (Lipinski definition) is 4. The molecule has 1 aromatic heterocycles. The number of anilines is 2. The first-order chi connectivity index (χ1) is 10.0. The lowest BCUT2D eigenvalue weighted by molar-refractivity contribution is 0.0967. The van der Waals surface area contributed by atoms with Gasteiger partial charge in [0.2, 0.25) is 0 Å². The smallest absolute Gasteiger partial charge is 0.263 e. The fraction of sp³-hybridized carbons (Fsp3) is 0.538. The molecule has 1 aromatic rings. The van der Waals surface area contributed by atoms with Crippen LogP contribution in [-0.4, -0.2) is 39.1 Å². The number of thiophene rings is 1. The van der Waals surface area contributed by atoms with E-state index < -0.39 is 5.91 Å². The number of nitrogen functional groups attached to an aromatic ring is 1. The molecule has 1 rings (SSSR count). The van der Waals surface area contributed by atoms with Crippen molar-refractivity contribution >= 4 is 33.8 Å². The number of rotatable bonds is 9. The lowest BCUT2D eigenvalue weighted by Gasteiger charge is -2.05. The van der Waals surface area contributed by atoms with Crippen molar-refractivity contribution in [1.29, 1.82) is 0 Å². The molecule has 0 saturated heterocycles. The molecule has 1 heterocycles. The number of carbonyl (C=O) groups is 2. The van der Waals surface area contributed by atoms with E-state index in [1.165, 1.54) is 7.05 Å². The number of hydrogen-bond acceptors (Lipinski definition) is 6. The second-order valence-corrected chi connectivity index (χ2v) is 5.49. The van der Waals surface area contributed by atoms with E-state index in [9.17, 15) is 9.59 Å². The highest BCUT2D eigenvalue weighted by molar-refractivity contribution is 7.19. The molecule has 2 amide bonds. The molecule has 0 saturated carbocycles. The lowest BCUT2D eigenvalue weighted by Crippen LogP contribution is -2.19. The predicted molar refractivity (Wildman–Crippen MR) is 84.9 cm³/mol. The van der Waals surface area contributed by atoms with Gasteiger partial charge in [0.15, 0.2) is 0 Å². The van der Waals surface area contributed by atoms with E-state index in [0.29, 0.717) is 16.4 Å². The topological polar surface area (TPSA) is 119 Å². The molecule has 0 aliphatic carbocycles. The van der Waals surface area contributed by atoms with Crippen molar-refractivity contribution in [2.75, 3.05) is 38.4 Å². The van der Waals surface area contributed by atoms with Gasteiger partial charge < -0.3 is 26.8 Å². The third kappa shape index (κ3) is 4.61. The number of primary amides is 1. The fourth-order valence-electron chi connectivity index (χ4n) is 1.85. The van der Waals surface area contributed by atoms with Gasteiger partial charge in [0.05, 0.1) is 11.3 Å². The molecular weight excluding hydrogens is 292 g/mol. The van der Waals surface area contributed by atoms with Crippen LogP contribution in [0.3, 0.4) is 0 Å². The summed E-state index contributed by atoms with van der Waals surface area (Å²) >= 11 is 1.14. The molecule has 6 N–H and O–H groups in total. The number of methoxy groups -OCH3 is 1. The number of nitrogens with two attached hydrogens (primary N) is 2. The van der Waals surface area contributed by atoms with E-state index in [1.807, 2.05) is 0 Å². The summed E-state index contributed by atoms with van der Waals surface area (Å²) in [5.41, 5.74) is 11.5. The number of unbranched alkanes of at least 4 members (excludes halogenated alkanes) is 2. The van der Waals surface area contributed by atoms with Crippen LogP contribution in [0, 0.1) is 0 Å². The number of nitrogens with one attached hydrogen (secondary N) is 2. The van der Waals surface area contributed by atoms with E-state index in [1.54, 1.807) is 7.11 Å². The zero-order chi connectivity index (χ0) is 15.8. The van der Waals surface area contributed by atoms with Crippen LogP contribution < -0.4 is 22.1 Å². The molecular formula is C13H22N4O3S. The zero-order valence-electron chi connectivity index (χ0n) is 12.3. The van der Waals surface area contributed by atoms with Gasteiger partial charge in [-0.15, -0.1) is 11.3 Å². The number of carbonyl (C=O) groups excluding carboxylic acids is 2. The van der Waals surface area contributed by atoms with E-state index in [4.69, 9.17) is 16.2 Å². The Bertz CT molecular complexity index is 502.